The molecule has 0 fully saturated rings. The van der Waals surface area contributed by atoms with Crippen molar-refractivity contribution in [3.63, 3.8) is 0 Å². The zero-order chi connectivity index (χ0) is 17.1. The van der Waals surface area contributed by atoms with Gasteiger partial charge in [0.1, 0.15) is 11.6 Å². The number of carbonyl (C=O) groups is 1. The summed E-state index contributed by atoms with van der Waals surface area (Å²) in [5.74, 6) is -1.71. The van der Waals surface area contributed by atoms with Crippen LogP contribution in [-0.4, -0.2) is 44.8 Å². The molecule has 124 valence electrons. The van der Waals surface area contributed by atoms with Crippen LogP contribution in [0.15, 0.2) is 18.2 Å². The second-order valence-electron chi connectivity index (χ2n) is 6.09. The zero-order valence-electron chi connectivity index (χ0n) is 12.7. The topological polar surface area (TPSA) is 60.8 Å². The predicted molar refractivity (Wildman–Crippen MR) is 80.2 cm³/mol. The van der Waals surface area contributed by atoms with Crippen molar-refractivity contribution in [2.75, 3.05) is 5.88 Å². The summed E-state index contributed by atoms with van der Waals surface area (Å²) in [5, 5.41) is 19.5. The maximum atomic E-state index is 13.3. The van der Waals surface area contributed by atoms with Gasteiger partial charge in [0.25, 0.3) is 0 Å². The fourth-order valence-electron chi connectivity index (χ4n) is 2.40. The lowest BCUT2D eigenvalue weighted by Gasteiger charge is -2.41. The number of aliphatic hydroxyl groups excluding tert-OH is 1. The third-order valence-corrected chi connectivity index (χ3v) is 3.55. The average molecular weight is 336 g/mol. The van der Waals surface area contributed by atoms with Gasteiger partial charge in [-0.1, -0.05) is 0 Å². The molecular weight excluding hydrogens is 316 g/mol. The van der Waals surface area contributed by atoms with E-state index in [1.165, 1.54) is 0 Å². The number of rotatable bonds is 5. The Hall–Kier alpha value is -1.40. The van der Waals surface area contributed by atoms with Gasteiger partial charge in [-0.25, -0.2) is 13.6 Å². The Labute approximate surface area is 133 Å². The first kappa shape index (κ1) is 18.6. The maximum absolute atomic E-state index is 13.3. The number of hydrogen-bond acceptors (Lipinski definition) is 2. The van der Waals surface area contributed by atoms with Gasteiger partial charge in [-0.2, -0.15) is 0 Å². The van der Waals surface area contributed by atoms with Gasteiger partial charge >= 0.3 is 6.09 Å². The molecule has 0 aliphatic rings. The van der Waals surface area contributed by atoms with Crippen LogP contribution in [0.2, 0.25) is 0 Å². The summed E-state index contributed by atoms with van der Waals surface area (Å²) in [6, 6.07) is 2.03. The lowest BCUT2D eigenvalue weighted by atomic mass is 9.95. The number of nitrogens with zero attached hydrogens (tertiary/aromatic N) is 1. The number of halogens is 3. The Morgan fingerprint density at radius 3 is 2.14 bits per heavy atom. The number of carboxylic acid groups (broad SMARTS) is 1. The molecule has 1 aromatic rings. The molecular formula is C15H20ClF2NO3. The summed E-state index contributed by atoms with van der Waals surface area (Å²) in [5.41, 5.74) is -0.558. The monoisotopic (exact) mass is 335 g/mol. The number of alkyl halides is 1. The molecule has 0 aliphatic carbocycles. The van der Waals surface area contributed by atoms with Gasteiger partial charge in [-0.3, -0.25) is 4.90 Å². The Morgan fingerprint density at radius 1 is 1.27 bits per heavy atom. The highest BCUT2D eigenvalue weighted by Crippen LogP contribution is 2.24. The second-order valence-corrected chi connectivity index (χ2v) is 6.40. The molecule has 0 unspecified atom stereocenters. The second kappa shape index (κ2) is 7.24. The summed E-state index contributed by atoms with van der Waals surface area (Å²) in [6.45, 7) is 5.00. The third-order valence-electron chi connectivity index (χ3n) is 3.23. The summed E-state index contributed by atoms with van der Waals surface area (Å²) in [4.78, 5) is 12.6. The average Bonchev–Trinajstić information content (AvgIpc) is 2.33. The van der Waals surface area contributed by atoms with E-state index in [-0.39, 0.29) is 17.9 Å². The van der Waals surface area contributed by atoms with Crippen molar-refractivity contribution in [2.45, 2.75) is 44.9 Å². The van der Waals surface area contributed by atoms with Crippen LogP contribution in [0.25, 0.3) is 0 Å². The molecule has 1 rings (SSSR count). The maximum Gasteiger partial charge on any atom is 0.408 e. The van der Waals surface area contributed by atoms with Gasteiger partial charge in [-0.15, -0.1) is 11.6 Å². The molecule has 2 N–H and O–H groups in total. The van der Waals surface area contributed by atoms with Crippen molar-refractivity contribution in [3.8, 4) is 0 Å². The Kier molecular flexibility index (Phi) is 6.14. The fraction of sp³-hybridized carbons (Fsp3) is 0.533. The van der Waals surface area contributed by atoms with E-state index in [0.717, 1.165) is 23.1 Å². The minimum absolute atomic E-state index is 0.0495. The smallest absolute Gasteiger partial charge is 0.408 e. The molecule has 1 amide bonds. The molecule has 0 aromatic heterocycles. The van der Waals surface area contributed by atoms with E-state index in [1.54, 1.807) is 20.8 Å². The largest absolute Gasteiger partial charge is 0.465 e. The molecule has 22 heavy (non-hydrogen) atoms. The van der Waals surface area contributed by atoms with Crippen molar-refractivity contribution in [2.24, 2.45) is 0 Å². The highest BCUT2D eigenvalue weighted by atomic mass is 35.5. The first-order valence-corrected chi connectivity index (χ1v) is 7.31. The van der Waals surface area contributed by atoms with Crippen LogP contribution in [0.3, 0.4) is 0 Å². The van der Waals surface area contributed by atoms with Crippen LogP contribution in [0, 0.1) is 11.6 Å². The standard InChI is InChI=1S/C15H20ClF2NO3/c1-15(2,3)19(14(21)22)12(13(20)8-16)6-9-4-10(17)7-11(18)5-9/h4-5,7,12-13,20H,6,8H2,1-3H3,(H,21,22)/t12-,13+/m0/s1. The van der Waals surface area contributed by atoms with E-state index < -0.39 is 35.4 Å². The molecule has 1 aromatic carbocycles. The quantitative estimate of drug-likeness (QED) is 0.812. The van der Waals surface area contributed by atoms with Crippen LogP contribution in [0.1, 0.15) is 26.3 Å². The minimum Gasteiger partial charge on any atom is -0.465 e. The van der Waals surface area contributed by atoms with Gasteiger partial charge in [0.05, 0.1) is 18.0 Å². The summed E-state index contributed by atoms with van der Waals surface area (Å²) < 4.78 is 26.6. The molecule has 7 heteroatoms. The molecule has 4 nitrogen and oxygen atoms in total. The number of benzene rings is 1. The molecule has 0 saturated carbocycles. The summed E-state index contributed by atoms with van der Waals surface area (Å²) >= 11 is 5.66. The SMILES string of the molecule is CC(C)(C)N(C(=O)O)[C@@H](Cc1cc(F)cc(F)c1)[C@H](O)CCl. The van der Waals surface area contributed by atoms with E-state index in [9.17, 15) is 23.8 Å². The van der Waals surface area contributed by atoms with Crippen LogP contribution in [-0.2, 0) is 6.42 Å². The molecule has 2 atom stereocenters. The van der Waals surface area contributed by atoms with Gasteiger partial charge < -0.3 is 10.2 Å². The summed E-state index contributed by atoms with van der Waals surface area (Å²) in [7, 11) is 0. The summed E-state index contributed by atoms with van der Waals surface area (Å²) in [6.07, 6.45) is -2.45. The number of aliphatic hydroxyl groups is 1. The highest BCUT2D eigenvalue weighted by Gasteiger charge is 2.37. The first-order valence-electron chi connectivity index (χ1n) is 6.77. The first-order chi connectivity index (χ1) is 10.1. The Morgan fingerprint density at radius 2 is 1.77 bits per heavy atom. The van der Waals surface area contributed by atoms with E-state index in [0.29, 0.717) is 0 Å². The zero-order valence-corrected chi connectivity index (χ0v) is 13.4. The van der Waals surface area contributed by atoms with Gasteiger partial charge in [0.2, 0.25) is 0 Å². The van der Waals surface area contributed by atoms with Gasteiger partial charge in [0, 0.05) is 11.6 Å². The van der Waals surface area contributed by atoms with Gasteiger partial charge in [-0.05, 0) is 44.9 Å². The van der Waals surface area contributed by atoms with Crippen LogP contribution in [0.4, 0.5) is 13.6 Å². The van der Waals surface area contributed by atoms with E-state index in [4.69, 9.17) is 11.6 Å². The lowest BCUT2D eigenvalue weighted by Crippen LogP contribution is -2.56. The number of amides is 1. The molecule has 0 radical (unpaired) electrons. The lowest BCUT2D eigenvalue weighted by molar-refractivity contribution is 0.0158. The molecule has 0 bridgehead atoms. The predicted octanol–water partition coefficient (Wildman–Crippen LogP) is 3.25. The van der Waals surface area contributed by atoms with Crippen molar-refractivity contribution in [1.82, 2.24) is 4.90 Å². The van der Waals surface area contributed by atoms with E-state index in [2.05, 4.69) is 0 Å². The molecule has 0 heterocycles. The van der Waals surface area contributed by atoms with Crippen molar-refractivity contribution in [3.05, 3.63) is 35.4 Å². The number of hydrogen-bond donors (Lipinski definition) is 2. The normalized spacial score (nSPS) is 14.5. The Bertz CT molecular complexity index is 514. The third kappa shape index (κ3) is 4.81. The molecule has 0 spiro atoms. The van der Waals surface area contributed by atoms with Crippen LogP contribution in [0.5, 0.6) is 0 Å². The fourth-order valence-corrected chi connectivity index (χ4v) is 2.60. The van der Waals surface area contributed by atoms with Crippen molar-refractivity contribution in [1.29, 1.82) is 0 Å². The molecule has 0 aliphatic heterocycles. The molecule has 0 saturated heterocycles. The van der Waals surface area contributed by atoms with Crippen molar-refractivity contribution < 1.29 is 23.8 Å². The van der Waals surface area contributed by atoms with E-state index in [1.807, 2.05) is 0 Å². The van der Waals surface area contributed by atoms with Crippen LogP contribution < -0.4 is 0 Å². The highest BCUT2D eigenvalue weighted by molar-refractivity contribution is 6.18. The van der Waals surface area contributed by atoms with Crippen molar-refractivity contribution >= 4 is 17.7 Å². The van der Waals surface area contributed by atoms with E-state index >= 15 is 0 Å². The Balaban J connectivity index is 3.19. The minimum atomic E-state index is -1.24. The van der Waals surface area contributed by atoms with Crippen LogP contribution >= 0.6 is 11.6 Å². The van der Waals surface area contributed by atoms with Gasteiger partial charge in [0.15, 0.2) is 0 Å².